The third kappa shape index (κ3) is 7.64. The number of nitrogens with zero attached hydrogens (tertiary/aromatic N) is 1. The second-order valence-electron chi connectivity index (χ2n) is 5.79. The predicted molar refractivity (Wildman–Crippen MR) is 88.1 cm³/mol. The molecule has 0 saturated carbocycles. The highest BCUT2D eigenvalue weighted by molar-refractivity contribution is 7.98. The van der Waals surface area contributed by atoms with Gasteiger partial charge in [0, 0.05) is 4.90 Å². The van der Waals surface area contributed by atoms with Crippen LogP contribution in [0.15, 0.2) is 29.2 Å². The van der Waals surface area contributed by atoms with Gasteiger partial charge in [-0.1, -0.05) is 26.0 Å². The molecule has 1 nitrogen and oxygen atoms in total. The first kappa shape index (κ1) is 16.6. The van der Waals surface area contributed by atoms with Crippen molar-refractivity contribution in [2.75, 3.05) is 26.4 Å². The van der Waals surface area contributed by atoms with E-state index in [1.165, 1.54) is 49.2 Å². The number of rotatable bonds is 9. The van der Waals surface area contributed by atoms with E-state index in [0.29, 0.717) is 0 Å². The molecule has 0 heterocycles. The Bertz CT molecular complexity index is 332. The smallest absolute Gasteiger partial charge is 0.00693 e. The van der Waals surface area contributed by atoms with Crippen LogP contribution < -0.4 is 0 Å². The molecule has 0 spiro atoms. The Morgan fingerprint density at radius 2 is 1.68 bits per heavy atom. The number of thioether (sulfide) groups is 1. The minimum Gasteiger partial charge on any atom is -0.306 e. The molecule has 0 N–H and O–H groups in total. The second-order valence-corrected chi connectivity index (χ2v) is 6.67. The minimum atomic E-state index is 0.836. The van der Waals surface area contributed by atoms with Crippen molar-refractivity contribution in [2.24, 2.45) is 5.92 Å². The lowest BCUT2D eigenvalue weighted by atomic mass is 10.1. The Hall–Kier alpha value is -0.470. The first-order valence-electron chi connectivity index (χ1n) is 7.43. The summed E-state index contributed by atoms with van der Waals surface area (Å²) in [4.78, 5) is 3.83. The van der Waals surface area contributed by atoms with Crippen molar-refractivity contribution in [1.82, 2.24) is 4.90 Å². The molecule has 0 aliphatic carbocycles. The summed E-state index contributed by atoms with van der Waals surface area (Å²) in [6.07, 6.45) is 7.26. The third-order valence-corrected chi connectivity index (χ3v) is 4.23. The van der Waals surface area contributed by atoms with Crippen molar-refractivity contribution in [3.8, 4) is 0 Å². The van der Waals surface area contributed by atoms with Gasteiger partial charge < -0.3 is 4.90 Å². The molecule has 0 bridgehead atoms. The van der Waals surface area contributed by atoms with E-state index in [1.807, 2.05) is 11.8 Å². The molecule has 2 heteroatoms. The first-order chi connectivity index (χ1) is 9.11. The molecule has 19 heavy (non-hydrogen) atoms. The molecule has 0 aliphatic heterocycles. The topological polar surface area (TPSA) is 3.24 Å². The molecule has 0 radical (unpaired) electrons. The summed E-state index contributed by atoms with van der Waals surface area (Å²) >= 11 is 1.81. The fourth-order valence-electron chi connectivity index (χ4n) is 2.23. The highest BCUT2D eigenvalue weighted by atomic mass is 32.2. The fourth-order valence-corrected chi connectivity index (χ4v) is 2.63. The minimum absolute atomic E-state index is 0.836. The molecule has 0 aliphatic rings. The normalized spacial score (nSPS) is 11.5. The molecule has 1 aromatic rings. The van der Waals surface area contributed by atoms with Crippen LogP contribution in [0.1, 0.15) is 38.7 Å². The van der Waals surface area contributed by atoms with Crippen LogP contribution >= 0.6 is 11.8 Å². The molecule has 0 unspecified atom stereocenters. The molecule has 1 aromatic carbocycles. The van der Waals surface area contributed by atoms with Crippen molar-refractivity contribution < 1.29 is 0 Å². The quantitative estimate of drug-likeness (QED) is 0.602. The molecule has 0 amide bonds. The Morgan fingerprint density at radius 3 is 2.26 bits per heavy atom. The number of hydrogen-bond donors (Lipinski definition) is 0. The zero-order valence-corrected chi connectivity index (χ0v) is 13.8. The lowest BCUT2D eigenvalue weighted by Gasteiger charge is -2.17. The van der Waals surface area contributed by atoms with Crippen LogP contribution in [-0.4, -0.2) is 31.3 Å². The Labute approximate surface area is 123 Å². The van der Waals surface area contributed by atoms with Crippen molar-refractivity contribution in [3.63, 3.8) is 0 Å². The van der Waals surface area contributed by atoms with Gasteiger partial charge in [0.2, 0.25) is 0 Å². The Morgan fingerprint density at radius 1 is 1.05 bits per heavy atom. The standard InChI is InChI=1S/C17H29NS/c1-15(2)7-5-13-18(3)14-6-8-16-9-11-17(19-4)12-10-16/h9-12,15H,5-8,13-14H2,1-4H3. The van der Waals surface area contributed by atoms with Crippen molar-refractivity contribution in [1.29, 1.82) is 0 Å². The highest BCUT2D eigenvalue weighted by Crippen LogP contribution is 2.15. The third-order valence-electron chi connectivity index (χ3n) is 3.49. The van der Waals surface area contributed by atoms with Gasteiger partial charge in [0.25, 0.3) is 0 Å². The average molecular weight is 279 g/mol. The number of benzene rings is 1. The number of hydrogen-bond acceptors (Lipinski definition) is 2. The van der Waals surface area contributed by atoms with Gasteiger partial charge in [0.1, 0.15) is 0 Å². The lowest BCUT2D eigenvalue weighted by Crippen LogP contribution is -2.21. The van der Waals surface area contributed by atoms with Gasteiger partial charge in [-0.3, -0.25) is 0 Å². The van der Waals surface area contributed by atoms with Gasteiger partial charge >= 0.3 is 0 Å². The monoisotopic (exact) mass is 279 g/mol. The largest absolute Gasteiger partial charge is 0.306 e. The summed E-state index contributed by atoms with van der Waals surface area (Å²) in [5, 5.41) is 0. The number of aryl methyl sites for hydroxylation is 1. The Balaban J connectivity index is 2.14. The van der Waals surface area contributed by atoms with Crippen molar-refractivity contribution in [3.05, 3.63) is 29.8 Å². The second kappa shape index (κ2) is 9.44. The van der Waals surface area contributed by atoms with E-state index in [9.17, 15) is 0 Å². The maximum absolute atomic E-state index is 2.47. The summed E-state index contributed by atoms with van der Waals surface area (Å²) in [7, 11) is 2.25. The molecule has 0 fully saturated rings. The van der Waals surface area contributed by atoms with Gasteiger partial charge in [-0.05, 0) is 75.7 Å². The van der Waals surface area contributed by atoms with Crippen LogP contribution in [0.5, 0.6) is 0 Å². The van der Waals surface area contributed by atoms with Crippen LogP contribution in [0.2, 0.25) is 0 Å². The van der Waals surface area contributed by atoms with E-state index in [0.717, 1.165) is 5.92 Å². The first-order valence-corrected chi connectivity index (χ1v) is 8.65. The summed E-state index contributed by atoms with van der Waals surface area (Å²) < 4.78 is 0. The fraction of sp³-hybridized carbons (Fsp3) is 0.647. The summed E-state index contributed by atoms with van der Waals surface area (Å²) in [5.41, 5.74) is 1.47. The highest BCUT2D eigenvalue weighted by Gasteiger charge is 2.01. The van der Waals surface area contributed by atoms with E-state index in [-0.39, 0.29) is 0 Å². The summed E-state index contributed by atoms with van der Waals surface area (Å²) in [5.74, 6) is 0.836. The van der Waals surface area contributed by atoms with Gasteiger partial charge in [-0.15, -0.1) is 11.8 Å². The van der Waals surface area contributed by atoms with Gasteiger partial charge in [0.15, 0.2) is 0 Å². The molecule has 0 saturated heterocycles. The van der Waals surface area contributed by atoms with E-state index >= 15 is 0 Å². The van der Waals surface area contributed by atoms with Gasteiger partial charge in [-0.2, -0.15) is 0 Å². The Kier molecular flexibility index (Phi) is 8.24. The zero-order chi connectivity index (χ0) is 14.1. The SMILES string of the molecule is CSc1ccc(CCCN(C)CCCC(C)C)cc1. The van der Waals surface area contributed by atoms with E-state index in [1.54, 1.807) is 0 Å². The maximum Gasteiger partial charge on any atom is 0.00693 e. The lowest BCUT2D eigenvalue weighted by molar-refractivity contribution is 0.314. The molecular weight excluding hydrogens is 250 g/mol. The molecule has 108 valence electrons. The zero-order valence-electron chi connectivity index (χ0n) is 13.0. The molecule has 0 atom stereocenters. The predicted octanol–water partition coefficient (Wildman–Crippen LogP) is 4.71. The van der Waals surface area contributed by atoms with Crippen molar-refractivity contribution >= 4 is 11.8 Å². The van der Waals surface area contributed by atoms with Crippen molar-refractivity contribution in [2.45, 2.75) is 44.4 Å². The summed E-state index contributed by atoms with van der Waals surface area (Å²) in [6.45, 7) is 7.06. The van der Waals surface area contributed by atoms with E-state index in [4.69, 9.17) is 0 Å². The molecule has 1 rings (SSSR count). The maximum atomic E-state index is 2.47. The van der Waals surface area contributed by atoms with Crippen LogP contribution in [0, 0.1) is 5.92 Å². The van der Waals surface area contributed by atoms with Crippen LogP contribution in [-0.2, 0) is 6.42 Å². The van der Waals surface area contributed by atoms with Crippen LogP contribution in [0.25, 0.3) is 0 Å². The summed E-state index contributed by atoms with van der Waals surface area (Å²) in [6, 6.07) is 8.99. The average Bonchev–Trinajstić information content (AvgIpc) is 2.39. The molecule has 0 aromatic heterocycles. The van der Waals surface area contributed by atoms with Crippen LogP contribution in [0.4, 0.5) is 0 Å². The van der Waals surface area contributed by atoms with Gasteiger partial charge in [0.05, 0.1) is 0 Å². The van der Waals surface area contributed by atoms with E-state index < -0.39 is 0 Å². The van der Waals surface area contributed by atoms with E-state index in [2.05, 4.69) is 56.3 Å². The molecular formula is C17H29NS. The van der Waals surface area contributed by atoms with Gasteiger partial charge in [-0.25, -0.2) is 0 Å². The van der Waals surface area contributed by atoms with Crippen LogP contribution in [0.3, 0.4) is 0 Å².